The Morgan fingerprint density at radius 1 is 1.37 bits per heavy atom. The number of carbonyl (C=O) groups excluding carboxylic acids is 1. The number of nitrogens with two attached hydrogens (primary N) is 1. The van der Waals surface area contributed by atoms with Crippen LogP contribution in [0.3, 0.4) is 0 Å². The number of benzene rings is 1. The number of para-hydroxylation sites is 1. The molecule has 0 fully saturated rings. The van der Waals surface area contributed by atoms with Gasteiger partial charge in [0.25, 0.3) is 0 Å². The summed E-state index contributed by atoms with van der Waals surface area (Å²) in [5.74, 6) is -0.480. The van der Waals surface area contributed by atoms with Crippen LogP contribution in [0.25, 0.3) is 10.9 Å². The number of carbonyl (C=O) groups is 1. The molecule has 0 aliphatic heterocycles. The fourth-order valence-electron chi connectivity index (χ4n) is 1.99. The summed E-state index contributed by atoms with van der Waals surface area (Å²) < 4.78 is 10.4. The molecule has 0 radical (unpaired) electrons. The summed E-state index contributed by atoms with van der Waals surface area (Å²) in [5, 5.41) is 0.742. The molecule has 1 aromatic carbocycles. The van der Waals surface area contributed by atoms with Gasteiger partial charge in [0.1, 0.15) is 6.10 Å². The lowest BCUT2D eigenvalue weighted by molar-refractivity contribution is 0.0251. The minimum absolute atomic E-state index is 0.326. The zero-order valence-corrected chi connectivity index (χ0v) is 10.9. The lowest BCUT2D eigenvalue weighted by atomic mass is 10.1. The van der Waals surface area contributed by atoms with Crippen LogP contribution in [0.15, 0.2) is 30.3 Å². The highest BCUT2D eigenvalue weighted by molar-refractivity contribution is 6.05. The molecule has 0 aliphatic carbocycles. The van der Waals surface area contributed by atoms with Gasteiger partial charge in [-0.1, -0.05) is 18.2 Å². The first-order valence-electron chi connectivity index (χ1n) is 5.88. The highest BCUT2D eigenvalue weighted by Crippen LogP contribution is 2.23. The Kier molecular flexibility index (Phi) is 4.09. The van der Waals surface area contributed by atoms with Crippen molar-refractivity contribution >= 4 is 16.8 Å². The summed E-state index contributed by atoms with van der Waals surface area (Å²) in [6, 6.07) is 9.04. The van der Waals surface area contributed by atoms with E-state index in [4.69, 9.17) is 15.2 Å². The molecule has 0 saturated carbocycles. The highest BCUT2D eigenvalue weighted by atomic mass is 16.5. The van der Waals surface area contributed by atoms with E-state index in [-0.39, 0.29) is 6.10 Å². The van der Waals surface area contributed by atoms with Gasteiger partial charge in [-0.2, -0.15) is 0 Å². The number of fused-ring (bicyclic) bond motifs is 1. The smallest absolute Gasteiger partial charge is 0.249 e. The summed E-state index contributed by atoms with van der Waals surface area (Å²) in [6.45, 7) is 0.361. The molecule has 0 bridgehead atoms. The molecule has 1 atom stereocenters. The predicted molar refractivity (Wildman–Crippen MR) is 71.9 cm³/mol. The van der Waals surface area contributed by atoms with Crippen molar-refractivity contribution in [1.82, 2.24) is 4.98 Å². The van der Waals surface area contributed by atoms with Crippen LogP contribution in [0.1, 0.15) is 22.2 Å². The number of ether oxygens (including phenoxy) is 2. The Balaban J connectivity index is 2.60. The van der Waals surface area contributed by atoms with Crippen molar-refractivity contribution in [2.45, 2.75) is 6.10 Å². The van der Waals surface area contributed by atoms with E-state index in [0.717, 1.165) is 5.39 Å². The van der Waals surface area contributed by atoms with Gasteiger partial charge in [0.15, 0.2) is 0 Å². The van der Waals surface area contributed by atoms with Gasteiger partial charge in [-0.3, -0.25) is 4.79 Å². The SMILES string of the molecule is COC[C@@H](OC)c1cc(C(N)=O)c2ccccc2n1. The second-order valence-corrected chi connectivity index (χ2v) is 4.16. The van der Waals surface area contributed by atoms with Gasteiger partial charge in [-0.15, -0.1) is 0 Å². The number of rotatable bonds is 5. The number of pyridine rings is 1. The van der Waals surface area contributed by atoms with Gasteiger partial charge in [0, 0.05) is 19.6 Å². The number of nitrogens with zero attached hydrogens (tertiary/aromatic N) is 1. The predicted octanol–water partition coefficient (Wildman–Crippen LogP) is 1.67. The van der Waals surface area contributed by atoms with Crippen molar-refractivity contribution in [3.05, 3.63) is 41.6 Å². The molecule has 2 aromatic rings. The molecule has 1 heterocycles. The van der Waals surface area contributed by atoms with Crippen LogP contribution in [0.2, 0.25) is 0 Å². The topological polar surface area (TPSA) is 74.4 Å². The van der Waals surface area contributed by atoms with Crippen molar-refractivity contribution in [3.8, 4) is 0 Å². The Morgan fingerprint density at radius 2 is 2.11 bits per heavy atom. The van der Waals surface area contributed by atoms with Crippen molar-refractivity contribution < 1.29 is 14.3 Å². The van der Waals surface area contributed by atoms with Gasteiger partial charge in [-0.25, -0.2) is 4.98 Å². The Hall–Kier alpha value is -1.98. The molecule has 2 N–H and O–H groups in total. The minimum atomic E-state index is -0.480. The molecule has 0 aliphatic rings. The number of aromatic nitrogens is 1. The van der Waals surface area contributed by atoms with Crippen LogP contribution in [0.5, 0.6) is 0 Å². The van der Waals surface area contributed by atoms with Crippen molar-refractivity contribution in [3.63, 3.8) is 0 Å². The summed E-state index contributed by atoms with van der Waals surface area (Å²) in [5.41, 5.74) is 7.22. The van der Waals surface area contributed by atoms with Gasteiger partial charge >= 0.3 is 0 Å². The van der Waals surface area contributed by atoms with E-state index < -0.39 is 5.91 Å². The van der Waals surface area contributed by atoms with E-state index in [2.05, 4.69) is 4.98 Å². The highest BCUT2D eigenvalue weighted by Gasteiger charge is 2.16. The van der Waals surface area contributed by atoms with E-state index in [1.165, 1.54) is 0 Å². The van der Waals surface area contributed by atoms with Crippen LogP contribution in [0.4, 0.5) is 0 Å². The molecule has 2 rings (SSSR count). The third-order valence-corrected chi connectivity index (χ3v) is 2.93. The zero-order chi connectivity index (χ0) is 13.8. The summed E-state index contributed by atoms with van der Waals surface area (Å²) in [6.07, 6.45) is -0.326. The van der Waals surface area contributed by atoms with Crippen LogP contribution in [-0.2, 0) is 9.47 Å². The second kappa shape index (κ2) is 5.77. The lowest BCUT2D eigenvalue weighted by Gasteiger charge is -2.15. The van der Waals surface area contributed by atoms with E-state index in [1.807, 2.05) is 24.3 Å². The minimum Gasteiger partial charge on any atom is -0.382 e. The van der Waals surface area contributed by atoms with Crippen molar-refractivity contribution in [2.75, 3.05) is 20.8 Å². The normalized spacial score (nSPS) is 12.5. The van der Waals surface area contributed by atoms with Crippen LogP contribution in [0, 0.1) is 0 Å². The summed E-state index contributed by atoms with van der Waals surface area (Å²) in [4.78, 5) is 16.1. The van der Waals surface area contributed by atoms with Gasteiger partial charge in [0.05, 0.1) is 23.4 Å². The molecular formula is C14H16N2O3. The summed E-state index contributed by atoms with van der Waals surface area (Å²) in [7, 11) is 3.16. The molecule has 100 valence electrons. The summed E-state index contributed by atoms with van der Waals surface area (Å²) >= 11 is 0. The quantitative estimate of drug-likeness (QED) is 0.887. The van der Waals surface area contributed by atoms with Gasteiger partial charge < -0.3 is 15.2 Å². The molecule has 1 aromatic heterocycles. The first-order valence-corrected chi connectivity index (χ1v) is 5.88. The number of methoxy groups -OCH3 is 2. The van der Waals surface area contributed by atoms with Crippen molar-refractivity contribution in [2.24, 2.45) is 5.73 Å². The number of amides is 1. The zero-order valence-electron chi connectivity index (χ0n) is 10.9. The monoisotopic (exact) mass is 260 g/mol. The van der Waals surface area contributed by atoms with Crippen molar-refractivity contribution in [1.29, 1.82) is 0 Å². The first kappa shape index (κ1) is 13.5. The fourth-order valence-corrected chi connectivity index (χ4v) is 1.99. The molecule has 19 heavy (non-hydrogen) atoms. The van der Waals surface area contributed by atoms with Gasteiger partial charge in [-0.05, 0) is 12.1 Å². The molecule has 0 unspecified atom stereocenters. The van der Waals surface area contributed by atoms with Crippen LogP contribution < -0.4 is 5.73 Å². The fraction of sp³-hybridized carbons (Fsp3) is 0.286. The van der Waals surface area contributed by atoms with Gasteiger partial charge in [0.2, 0.25) is 5.91 Å². The molecular weight excluding hydrogens is 244 g/mol. The second-order valence-electron chi connectivity index (χ2n) is 4.16. The average Bonchev–Trinajstić information content (AvgIpc) is 2.43. The number of primary amides is 1. The molecule has 5 nitrogen and oxygen atoms in total. The molecule has 0 saturated heterocycles. The number of hydrogen-bond donors (Lipinski definition) is 1. The third kappa shape index (κ3) is 2.72. The average molecular weight is 260 g/mol. The Labute approximate surface area is 111 Å². The van der Waals surface area contributed by atoms with E-state index in [9.17, 15) is 4.79 Å². The maximum absolute atomic E-state index is 11.6. The largest absolute Gasteiger partial charge is 0.382 e. The van der Waals surface area contributed by atoms with E-state index in [0.29, 0.717) is 23.4 Å². The number of hydrogen-bond acceptors (Lipinski definition) is 4. The van der Waals surface area contributed by atoms with E-state index in [1.54, 1.807) is 20.3 Å². The first-order chi connectivity index (χ1) is 9.17. The van der Waals surface area contributed by atoms with Crippen LogP contribution >= 0.6 is 0 Å². The van der Waals surface area contributed by atoms with E-state index >= 15 is 0 Å². The maximum atomic E-state index is 11.6. The maximum Gasteiger partial charge on any atom is 0.249 e. The third-order valence-electron chi connectivity index (χ3n) is 2.93. The standard InChI is InChI=1S/C14H16N2O3/c1-18-8-13(19-2)12-7-10(14(15)17)9-5-3-4-6-11(9)16-12/h3-7,13H,8H2,1-2H3,(H2,15,17)/t13-/m1/s1. The molecule has 5 heteroatoms. The lowest BCUT2D eigenvalue weighted by Crippen LogP contribution is -2.16. The van der Waals surface area contributed by atoms with Crippen LogP contribution in [-0.4, -0.2) is 31.7 Å². The molecule has 0 spiro atoms. The Bertz CT molecular complexity index is 598. The molecule has 1 amide bonds. The Morgan fingerprint density at radius 3 is 2.74 bits per heavy atom.